The van der Waals surface area contributed by atoms with E-state index < -0.39 is 0 Å². The second kappa shape index (κ2) is 4.19. The number of pyridine rings is 1. The molecule has 3 rings (SSSR count). The molecule has 0 saturated heterocycles. The summed E-state index contributed by atoms with van der Waals surface area (Å²) in [6.07, 6.45) is 0. The van der Waals surface area contributed by atoms with Crippen LogP contribution in [-0.4, -0.2) is 24.7 Å². The number of fused-ring (bicyclic) bond motifs is 1. The van der Waals surface area contributed by atoms with Crippen LogP contribution in [0.5, 0.6) is 0 Å². The number of H-pyrrole nitrogens is 1. The number of aromatic nitrogens is 5. The lowest BCUT2D eigenvalue weighted by Gasteiger charge is -2.00. The average Bonchev–Trinajstić information content (AvgIpc) is 2.91. The van der Waals surface area contributed by atoms with Gasteiger partial charge in [0.1, 0.15) is 5.69 Å². The molecule has 0 fully saturated rings. The summed E-state index contributed by atoms with van der Waals surface area (Å²) in [4.78, 5) is 12.4. The highest BCUT2D eigenvalue weighted by atomic mass is 15.3. The lowest BCUT2D eigenvalue weighted by atomic mass is 10.2. The fourth-order valence-corrected chi connectivity index (χ4v) is 2.40. The third-order valence-corrected chi connectivity index (χ3v) is 3.23. The zero-order chi connectivity index (χ0) is 13.6. The summed E-state index contributed by atoms with van der Waals surface area (Å²) in [6, 6.07) is 4.11. The molecule has 3 aromatic rings. The average molecular weight is 255 g/mol. The van der Waals surface area contributed by atoms with E-state index in [1.54, 1.807) is 0 Å². The Bertz CT molecular complexity index is 751. The van der Waals surface area contributed by atoms with Crippen LogP contribution in [-0.2, 0) is 6.54 Å². The number of nitrogens with one attached hydrogen (secondary N) is 1. The van der Waals surface area contributed by atoms with Crippen molar-refractivity contribution in [1.29, 1.82) is 0 Å². The van der Waals surface area contributed by atoms with Gasteiger partial charge in [0.05, 0.1) is 11.2 Å². The summed E-state index contributed by atoms with van der Waals surface area (Å²) in [7, 11) is 0. The normalized spacial score (nSPS) is 11.4. The van der Waals surface area contributed by atoms with E-state index in [2.05, 4.69) is 40.0 Å². The van der Waals surface area contributed by atoms with Gasteiger partial charge in [-0.25, -0.2) is 9.97 Å². The van der Waals surface area contributed by atoms with Crippen LogP contribution in [0.15, 0.2) is 12.1 Å². The second-order valence-electron chi connectivity index (χ2n) is 4.85. The number of hydrogen-bond acceptors (Lipinski definition) is 3. The molecule has 19 heavy (non-hydrogen) atoms. The van der Waals surface area contributed by atoms with Gasteiger partial charge in [0.2, 0.25) is 0 Å². The van der Waals surface area contributed by atoms with E-state index in [0.29, 0.717) is 0 Å². The fourth-order valence-electron chi connectivity index (χ4n) is 2.40. The van der Waals surface area contributed by atoms with E-state index in [-0.39, 0.29) is 0 Å². The summed E-state index contributed by atoms with van der Waals surface area (Å²) >= 11 is 0. The summed E-state index contributed by atoms with van der Waals surface area (Å²) in [6.45, 7) is 8.95. The molecule has 0 aliphatic heterocycles. The Balaban J connectivity index is 2.23. The molecular weight excluding hydrogens is 238 g/mol. The highest BCUT2D eigenvalue weighted by Gasteiger charge is 2.13. The van der Waals surface area contributed by atoms with Crippen molar-refractivity contribution >= 4 is 11.2 Å². The molecule has 3 heterocycles. The van der Waals surface area contributed by atoms with Crippen molar-refractivity contribution < 1.29 is 0 Å². The fraction of sp³-hybridized carbons (Fsp3) is 0.357. The first-order valence-corrected chi connectivity index (χ1v) is 6.47. The van der Waals surface area contributed by atoms with E-state index in [1.165, 1.54) is 5.56 Å². The molecule has 0 bridgehead atoms. The molecule has 0 amide bonds. The number of imidazole rings is 1. The number of rotatable bonds is 2. The minimum Gasteiger partial charge on any atom is -0.335 e. The van der Waals surface area contributed by atoms with Crippen LogP contribution in [0.1, 0.15) is 23.9 Å². The Hall–Kier alpha value is -2.17. The van der Waals surface area contributed by atoms with Crippen LogP contribution in [0.2, 0.25) is 0 Å². The Morgan fingerprint density at radius 1 is 1.11 bits per heavy atom. The Kier molecular flexibility index (Phi) is 2.62. The zero-order valence-corrected chi connectivity index (χ0v) is 11.7. The van der Waals surface area contributed by atoms with Crippen molar-refractivity contribution in [3.63, 3.8) is 0 Å². The smallest absolute Gasteiger partial charge is 0.178 e. The standard InChI is InChI=1S/C14H17N5/c1-5-19-11(7-10(4)18-19)13-16-12-8(2)6-9(3)15-14(12)17-13/h6-7H,5H2,1-4H3,(H,15,16,17). The van der Waals surface area contributed by atoms with E-state index in [1.807, 2.05) is 24.6 Å². The first kappa shape index (κ1) is 11.9. The highest BCUT2D eigenvalue weighted by Crippen LogP contribution is 2.22. The SMILES string of the molecule is CCn1nc(C)cc1-c1nc2nc(C)cc(C)c2[nH]1. The summed E-state index contributed by atoms with van der Waals surface area (Å²) in [5.74, 6) is 0.832. The van der Waals surface area contributed by atoms with Gasteiger partial charge in [-0.3, -0.25) is 4.68 Å². The molecule has 98 valence electrons. The van der Waals surface area contributed by atoms with E-state index in [4.69, 9.17) is 0 Å². The lowest BCUT2D eigenvalue weighted by molar-refractivity contribution is 0.658. The van der Waals surface area contributed by atoms with Gasteiger partial charge in [-0.1, -0.05) is 0 Å². The highest BCUT2D eigenvalue weighted by molar-refractivity contribution is 5.78. The Morgan fingerprint density at radius 2 is 1.89 bits per heavy atom. The molecule has 0 atom stereocenters. The third-order valence-electron chi connectivity index (χ3n) is 3.23. The summed E-state index contributed by atoms with van der Waals surface area (Å²) in [5, 5.41) is 4.45. The molecule has 0 radical (unpaired) electrons. The molecule has 0 spiro atoms. The van der Waals surface area contributed by atoms with Crippen LogP contribution in [0.25, 0.3) is 22.7 Å². The molecular formula is C14H17N5. The van der Waals surface area contributed by atoms with Crippen molar-refractivity contribution in [1.82, 2.24) is 24.7 Å². The van der Waals surface area contributed by atoms with Crippen molar-refractivity contribution in [2.75, 3.05) is 0 Å². The molecule has 0 unspecified atom stereocenters. The van der Waals surface area contributed by atoms with Gasteiger partial charge in [-0.2, -0.15) is 5.10 Å². The van der Waals surface area contributed by atoms with Crippen LogP contribution < -0.4 is 0 Å². The third kappa shape index (κ3) is 1.91. The van der Waals surface area contributed by atoms with Gasteiger partial charge in [0, 0.05) is 12.2 Å². The molecule has 5 nitrogen and oxygen atoms in total. The van der Waals surface area contributed by atoms with Gasteiger partial charge in [-0.15, -0.1) is 0 Å². The molecule has 0 aliphatic carbocycles. The van der Waals surface area contributed by atoms with E-state index >= 15 is 0 Å². The maximum absolute atomic E-state index is 4.60. The van der Waals surface area contributed by atoms with Crippen LogP contribution in [0.3, 0.4) is 0 Å². The van der Waals surface area contributed by atoms with Crippen LogP contribution >= 0.6 is 0 Å². The molecule has 0 saturated carbocycles. The van der Waals surface area contributed by atoms with Crippen molar-refractivity contribution in [3.8, 4) is 11.5 Å². The van der Waals surface area contributed by atoms with Gasteiger partial charge in [-0.05, 0) is 45.4 Å². The monoisotopic (exact) mass is 255 g/mol. The van der Waals surface area contributed by atoms with Crippen molar-refractivity contribution in [2.24, 2.45) is 0 Å². The summed E-state index contributed by atoms with van der Waals surface area (Å²) < 4.78 is 1.95. The Morgan fingerprint density at radius 3 is 2.63 bits per heavy atom. The van der Waals surface area contributed by atoms with Crippen LogP contribution in [0.4, 0.5) is 0 Å². The molecule has 0 aliphatic rings. The predicted octanol–water partition coefficient (Wildman–Crippen LogP) is 2.77. The maximum Gasteiger partial charge on any atom is 0.178 e. The summed E-state index contributed by atoms with van der Waals surface area (Å²) in [5.41, 5.74) is 5.94. The number of hydrogen-bond donors (Lipinski definition) is 1. The number of aryl methyl sites for hydroxylation is 4. The number of nitrogens with zero attached hydrogens (tertiary/aromatic N) is 4. The minimum absolute atomic E-state index is 0.772. The Labute approximate surface area is 111 Å². The molecule has 5 heteroatoms. The van der Waals surface area contributed by atoms with Gasteiger partial charge in [0.15, 0.2) is 11.5 Å². The van der Waals surface area contributed by atoms with E-state index in [9.17, 15) is 0 Å². The number of aromatic amines is 1. The van der Waals surface area contributed by atoms with E-state index in [0.717, 1.165) is 40.6 Å². The van der Waals surface area contributed by atoms with Crippen molar-refractivity contribution in [3.05, 3.63) is 29.1 Å². The van der Waals surface area contributed by atoms with Gasteiger partial charge >= 0.3 is 0 Å². The molecule has 1 N–H and O–H groups in total. The van der Waals surface area contributed by atoms with Gasteiger partial charge in [0.25, 0.3) is 0 Å². The van der Waals surface area contributed by atoms with Crippen LogP contribution in [0, 0.1) is 20.8 Å². The zero-order valence-electron chi connectivity index (χ0n) is 11.7. The topological polar surface area (TPSA) is 59.4 Å². The minimum atomic E-state index is 0.772. The van der Waals surface area contributed by atoms with Crippen molar-refractivity contribution in [2.45, 2.75) is 34.2 Å². The maximum atomic E-state index is 4.60. The molecule has 3 aromatic heterocycles. The lowest BCUT2D eigenvalue weighted by Crippen LogP contribution is -1.99. The first-order valence-electron chi connectivity index (χ1n) is 6.47. The van der Waals surface area contributed by atoms with Gasteiger partial charge < -0.3 is 4.98 Å². The molecule has 0 aromatic carbocycles. The quantitative estimate of drug-likeness (QED) is 0.766. The second-order valence-corrected chi connectivity index (χ2v) is 4.85. The first-order chi connectivity index (χ1) is 9.08. The largest absolute Gasteiger partial charge is 0.335 e. The predicted molar refractivity (Wildman–Crippen MR) is 75.0 cm³/mol.